The summed E-state index contributed by atoms with van der Waals surface area (Å²) in [6.07, 6.45) is 3.76. The summed E-state index contributed by atoms with van der Waals surface area (Å²) in [5.74, 6) is 0. The Bertz CT molecular complexity index is 498. The number of nitrogens with zero attached hydrogens (tertiary/aromatic N) is 3. The van der Waals surface area contributed by atoms with Crippen LogP contribution in [-0.2, 0) is 11.3 Å². The second-order valence-corrected chi connectivity index (χ2v) is 3.93. The summed E-state index contributed by atoms with van der Waals surface area (Å²) in [5, 5.41) is 8.29. The summed E-state index contributed by atoms with van der Waals surface area (Å²) in [6, 6.07) is 0. The fraction of sp³-hybridized carbons (Fsp3) is 0.385. The van der Waals surface area contributed by atoms with Crippen LogP contribution in [0.1, 0.15) is 25.2 Å². The van der Waals surface area contributed by atoms with E-state index in [0.29, 0.717) is 18.3 Å². The van der Waals surface area contributed by atoms with E-state index >= 15 is 0 Å². The maximum absolute atomic E-state index is 12.6. The number of aromatic nitrogens is 3. The van der Waals surface area contributed by atoms with Crippen LogP contribution in [-0.4, -0.2) is 21.1 Å². The molecule has 0 saturated carbocycles. The van der Waals surface area contributed by atoms with Crippen LogP contribution in [0.3, 0.4) is 0 Å². The Morgan fingerprint density at radius 1 is 1.47 bits per heavy atom. The van der Waals surface area contributed by atoms with E-state index in [-0.39, 0.29) is 6.61 Å². The first kappa shape index (κ1) is 15.2. The van der Waals surface area contributed by atoms with Crippen molar-refractivity contribution in [3.8, 4) is 0 Å². The maximum atomic E-state index is 12.6. The van der Waals surface area contributed by atoms with Crippen molar-refractivity contribution in [1.29, 1.82) is 0 Å². The Morgan fingerprint density at radius 2 is 2.16 bits per heavy atom. The van der Waals surface area contributed by atoms with Crippen LogP contribution in [0.5, 0.6) is 0 Å². The Morgan fingerprint density at radius 3 is 2.68 bits per heavy atom. The highest BCUT2D eigenvalue weighted by Crippen LogP contribution is 2.17. The Balaban J connectivity index is 2.89. The minimum atomic E-state index is -3.18. The lowest BCUT2D eigenvalue weighted by atomic mass is 10.3. The normalized spacial score (nSPS) is 13.2. The van der Waals surface area contributed by atoms with Gasteiger partial charge >= 0.3 is 6.11 Å². The monoisotopic (exact) mass is 269 g/mol. The lowest BCUT2D eigenvalue weighted by Crippen LogP contribution is -2.15. The number of halogens is 2. The number of hydrogen-bond donors (Lipinski definition) is 0. The largest absolute Gasteiger partial charge is 0.353 e. The number of rotatable bonds is 6. The molecule has 1 rings (SSSR count). The number of hydrogen-bond acceptors (Lipinski definition) is 3. The third-order valence-electron chi connectivity index (χ3n) is 2.27. The van der Waals surface area contributed by atoms with Gasteiger partial charge in [-0.25, -0.2) is 0 Å². The molecule has 0 aliphatic heterocycles. The molecule has 0 unspecified atom stereocenters. The van der Waals surface area contributed by atoms with Gasteiger partial charge in [-0.3, -0.25) is 0 Å². The van der Waals surface area contributed by atoms with Gasteiger partial charge in [-0.05, 0) is 19.9 Å². The SMILES string of the molecule is C=C/C=C\C(=C/C)n1nc(C)c(COC(C)(F)F)n1. The highest BCUT2D eigenvalue weighted by molar-refractivity contribution is 5.55. The van der Waals surface area contributed by atoms with Crippen LogP contribution in [0.25, 0.3) is 5.70 Å². The van der Waals surface area contributed by atoms with E-state index in [1.54, 1.807) is 31.2 Å². The van der Waals surface area contributed by atoms with E-state index < -0.39 is 6.11 Å². The molecule has 19 heavy (non-hydrogen) atoms. The first-order valence-corrected chi connectivity index (χ1v) is 5.77. The lowest BCUT2D eigenvalue weighted by Gasteiger charge is -2.09. The highest BCUT2D eigenvalue weighted by atomic mass is 19.3. The molecule has 1 heterocycles. The maximum Gasteiger partial charge on any atom is 0.353 e. The predicted octanol–water partition coefficient (Wildman–Crippen LogP) is 3.32. The number of allylic oxidation sites excluding steroid dienone is 5. The number of alkyl halides is 2. The Hall–Kier alpha value is -1.82. The Kier molecular flexibility index (Phi) is 5.11. The molecule has 0 aliphatic rings. The number of ether oxygens (including phenoxy) is 1. The van der Waals surface area contributed by atoms with E-state index in [1.165, 1.54) is 4.80 Å². The third kappa shape index (κ3) is 4.75. The lowest BCUT2D eigenvalue weighted by molar-refractivity contribution is -0.231. The molecule has 0 bridgehead atoms. The van der Waals surface area contributed by atoms with Crippen LogP contribution in [0.2, 0.25) is 0 Å². The number of aryl methyl sites for hydroxylation is 1. The van der Waals surface area contributed by atoms with E-state index in [1.807, 2.05) is 6.92 Å². The second-order valence-electron chi connectivity index (χ2n) is 3.93. The molecule has 0 saturated heterocycles. The molecular weight excluding hydrogens is 252 g/mol. The van der Waals surface area contributed by atoms with E-state index in [9.17, 15) is 8.78 Å². The molecule has 0 spiro atoms. The third-order valence-corrected chi connectivity index (χ3v) is 2.27. The second kappa shape index (κ2) is 6.38. The molecular formula is C13H17F2N3O. The molecule has 0 radical (unpaired) electrons. The summed E-state index contributed by atoms with van der Waals surface area (Å²) in [4.78, 5) is 1.38. The van der Waals surface area contributed by atoms with Gasteiger partial charge in [0, 0.05) is 6.92 Å². The van der Waals surface area contributed by atoms with Crippen LogP contribution >= 0.6 is 0 Å². The molecule has 104 valence electrons. The summed E-state index contributed by atoms with van der Waals surface area (Å²) in [5.41, 5.74) is 1.65. The molecule has 0 aromatic carbocycles. The molecule has 6 heteroatoms. The molecule has 0 atom stereocenters. The van der Waals surface area contributed by atoms with Crippen LogP contribution < -0.4 is 0 Å². The molecule has 0 amide bonds. The quantitative estimate of drug-likeness (QED) is 0.744. The van der Waals surface area contributed by atoms with Gasteiger partial charge in [0.1, 0.15) is 5.69 Å². The van der Waals surface area contributed by atoms with Gasteiger partial charge in [-0.2, -0.15) is 23.8 Å². The predicted molar refractivity (Wildman–Crippen MR) is 69.5 cm³/mol. The van der Waals surface area contributed by atoms with Crippen LogP contribution in [0.15, 0.2) is 30.9 Å². The van der Waals surface area contributed by atoms with Gasteiger partial charge in [0.15, 0.2) is 0 Å². The van der Waals surface area contributed by atoms with Gasteiger partial charge in [-0.1, -0.05) is 24.8 Å². The topological polar surface area (TPSA) is 39.9 Å². The van der Waals surface area contributed by atoms with Crippen LogP contribution in [0, 0.1) is 6.92 Å². The zero-order chi connectivity index (χ0) is 14.5. The first-order valence-electron chi connectivity index (χ1n) is 5.77. The van der Waals surface area contributed by atoms with E-state index in [2.05, 4.69) is 21.5 Å². The molecule has 1 aromatic rings. The molecule has 0 N–H and O–H groups in total. The molecule has 0 fully saturated rings. The average Bonchev–Trinajstić information content (AvgIpc) is 2.68. The van der Waals surface area contributed by atoms with Crippen molar-refractivity contribution in [2.75, 3.05) is 0 Å². The van der Waals surface area contributed by atoms with Crippen molar-refractivity contribution in [2.45, 2.75) is 33.5 Å². The fourth-order valence-corrected chi connectivity index (χ4v) is 1.30. The van der Waals surface area contributed by atoms with Gasteiger partial charge in [0.05, 0.1) is 18.0 Å². The zero-order valence-corrected chi connectivity index (χ0v) is 11.2. The van der Waals surface area contributed by atoms with E-state index in [4.69, 9.17) is 0 Å². The van der Waals surface area contributed by atoms with Crippen LogP contribution in [0.4, 0.5) is 8.78 Å². The van der Waals surface area contributed by atoms with Gasteiger partial charge in [-0.15, -0.1) is 0 Å². The minimum Gasteiger partial charge on any atom is -0.314 e. The van der Waals surface area contributed by atoms with Gasteiger partial charge in [0.25, 0.3) is 0 Å². The average molecular weight is 269 g/mol. The first-order chi connectivity index (χ1) is 8.87. The summed E-state index contributed by atoms with van der Waals surface area (Å²) in [7, 11) is 0. The zero-order valence-electron chi connectivity index (χ0n) is 11.2. The Labute approximate surface area is 111 Å². The highest BCUT2D eigenvalue weighted by Gasteiger charge is 2.23. The van der Waals surface area contributed by atoms with Crippen molar-refractivity contribution < 1.29 is 13.5 Å². The molecule has 1 aromatic heterocycles. The smallest absolute Gasteiger partial charge is 0.314 e. The van der Waals surface area contributed by atoms with E-state index in [0.717, 1.165) is 5.70 Å². The standard InChI is InChI=1S/C13H17F2N3O/c1-5-7-8-11(6-2)18-16-10(3)12(17-18)9-19-13(4,14)15/h5-8H,1,9H2,2-4H3/b8-7-,11-6+. The van der Waals surface area contributed by atoms with Gasteiger partial charge in [0.2, 0.25) is 0 Å². The van der Waals surface area contributed by atoms with Crippen molar-refractivity contribution in [2.24, 2.45) is 0 Å². The van der Waals surface area contributed by atoms with Gasteiger partial charge < -0.3 is 4.74 Å². The summed E-state index contributed by atoms with van der Waals surface area (Å²) < 4.78 is 29.7. The summed E-state index contributed by atoms with van der Waals surface area (Å²) in [6.45, 7) is 7.51. The fourth-order valence-electron chi connectivity index (χ4n) is 1.30. The van der Waals surface area contributed by atoms with Crippen molar-refractivity contribution in [3.05, 3.63) is 42.3 Å². The summed E-state index contributed by atoms with van der Waals surface area (Å²) >= 11 is 0. The molecule has 0 aliphatic carbocycles. The van der Waals surface area contributed by atoms with Crippen molar-refractivity contribution in [1.82, 2.24) is 15.0 Å². The molecule has 4 nitrogen and oxygen atoms in total. The van der Waals surface area contributed by atoms with Crippen molar-refractivity contribution in [3.63, 3.8) is 0 Å². The van der Waals surface area contributed by atoms with Crippen molar-refractivity contribution >= 4 is 5.70 Å². The minimum absolute atomic E-state index is 0.280.